The van der Waals surface area contributed by atoms with Crippen molar-refractivity contribution in [3.63, 3.8) is 0 Å². The molecule has 0 aliphatic rings. The standard InChI is InChI=1S/C19H15ClN8/c1-11(26-17-14(8-21)16(22)24-10-25-17)18-27-15-7-12(20)9-23-19(15)28(18)13-5-3-2-4-6-13/h2-7,9-11H,1H3,(H3,22,24,25,26). The van der Waals surface area contributed by atoms with Gasteiger partial charge < -0.3 is 11.1 Å². The number of halogens is 1. The number of hydrogen-bond donors (Lipinski definition) is 2. The fourth-order valence-corrected chi connectivity index (χ4v) is 3.12. The van der Waals surface area contributed by atoms with Crippen molar-refractivity contribution in [2.75, 3.05) is 11.1 Å². The van der Waals surface area contributed by atoms with Crippen molar-refractivity contribution in [1.29, 1.82) is 5.26 Å². The summed E-state index contributed by atoms with van der Waals surface area (Å²) in [6.45, 7) is 1.92. The van der Waals surface area contributed by atoms with Crippen LogP contribution in [0.3, 0.4) is 0 Å². The molecule has 1 aromatic carbocycles. The summed E-state index contributed by atoms with van der Waals surface area (Å²) in [5.41, 5.74) is 8.24. The zero-order chi connectivity index (χ0) is 19.7. The van der Waals surface area contributed by atoms with Crippen molar-refractivity contribution in [3.05, 3.63) is 65.3 Å². The van der Waals surface area contributed by atoms with Crippen LogP contribution in [0.15, 0.2) is 48.9 Å². The van der Waals surface area contributed by atoms with Crippen LogP contribution in [0, 0.1) is 11.3 Å². The molecule has 0 saturated heterocycles. The van der Waals surface area contributed by atoms with Crippen molar-refractivity contribution >= 4 is 34.4 Å². The second-order valence-electron chi connectivity index (χ2n) is 6.10. The van der Waals surface area contributed by atoms with Gasteiger partial charge in [0.05, 0.1) is 11.1 Å². The minimum atomic E-state index is -0.311. The molecule has 4 aromatic rings. The highest BCUT2D eigenvalue weighted by Gasteiger charge is 2.21. The van der Waals surface area contributed by atoms with Crippen LogP contribution in [0.25, 0.3) is 16.9 Å². The molecular formula is C19H15ClN8. The first-order valence-corrected chi connectivity index (χ1v) is 8.82. The Kier molecular flexibility index (Phi) is 4.51. The average molecular weight is 391 g/mol. The lowest BCUT2D eigenvalue weighted by molar-refractivity contribution is 0.765. The molecule has 0 amide bonds. The minimum absolute atomic E-state index is 0.122. The number of nitriles is 1. The number of benzene rings is 1. The molecule has 0 radical (unpaired) electrons. The third-order valence-corrected chi connectivity index (χ3v) is 4.44. The van der Waals surface area contributed by atoms with Crippen molar-refractivity contribution < 1.29 is 0 Å². The summed E-state index contributed by atoms with van der Waals surface area (Å²) in [5, 5.41) is 13.1. The maximum atomic E-state index is 9.36. The van der Waals surface area contributed by atoms with Gasteiger partial charge in [0.15, 0.2) is 5.65 Å². The van der Waals surface area contributed by atoms with E-state index in [0.717, 1.165) is 5.69 Å². The maximum absolute atomic E-state index is 9.36. The molecule has 0 aliphatic carbocycles. The van der Waals surface area contributed by atoms with Gasteiger partial charge in [-0.1, -0.05) is 29.8 Å². The molecular weight excluding hydrogens is 376 g/mol. The van der Waals surface area contributed by atoms with E-state index in [1.807, 2.05) is 47.9 Å². The number of anilines is 2. The van der Waals surface area contributed by atoms with Crippen molar-refractivity contribution in [1.82, 2.24) is 24.5 Å². The van der Waals surface area contributed by atoms with Crippen molar-refractivity contribution in [2.24, 2.45) is 0 Å². The molecule has 1 atom stereocenters. The van der Waals surface area contributed by atoms with Crippen molar-refractivity contribution in [3.8, 4) is 11.8 Å². The summed E-state index contributed by atoms with van der Waals surface area (Å²) in [5.74, 6) is 1.16. The lowest BCUT2D eigenvalue weighted by Gasteiger charge is -2.17. The molecule has 9 heteroatoms. The van der Waals surface area contributed by atoms with Crippen LogP contribution in [0.1, 0.15) is 24.4 Å². The van der Waals surface area contributed by atoms with E-state index >= 15 is 0 Å². The Labute approximate surface area is 165 Å². The molecule has 0 saturated carbocycles. The van der Waals surface area contributed by atoms with Gasteiger partial charge in [0, 0.05) is 11.9 Å². The highest BCUT2D eigenvalue weighted by molar-refractivity contribution is 6.31. The fourth-order valence-electron chi connectivity index (χ4n) is 2.97. The summed E-state index contributed by atoms with van der Waals surface area (Å²) in [6, 6.07) is 13.3. The van der Waals surface area contributed by atoms with Crippen LogP contribution in [0.5, 0.6) is 0 Å². The van der Waals surface area contributed by atoms with Gasteiger partial charge in [0.2, 0.25) is 0 Å². The lowest BCUT2D eigenvalue weighted by Crippen LogP contribution is -2.15. The predicted molar refractivity (Wildman–Crippen MR) is 107 cm³/mol. The number of nitrogens with two attached hydrogens (primary N) is 1. The average Bonchev–Trinajstić information content (AvgIpc) is 3.07. The van der Waals surface area contributed by atoms with E-state index in [9.17, 15) is 5.26 Å². The van der Waals surface area contributed by atoms with Crippen LogP contribution < -0.4 is 11.1 Å². The second kappa shape index (κ2) is 7.13. The van der Waals surface area contributed by atoms with E-state index < -0.39 is 0 Å². The van der Waals surface area contributed by atoms with Crippen molar-refractivity contribution in [2.45, 2.75) is 13.0 Å². The number of hydrogen-bond acceptors (Lipinski definition) is 7. The van der Waals surface area contributed by atoms with Crippen LogP contribution >= 0.6 is 11.6 Å². The van der Waals surface area contributed by atoms with Gasteiger partial charge in [-0.15, -0.1) is 0 Å². The minimum Gasteiger partial charge on any atom is -0.382 e. The Bertz CT molecular complexity index is 1200. The molecule has 1 unspecified atom stereocenters. The molecule has 138 valence electrons. The summed E-state index contributed by atoms with van der Waals surface area (Å²) < 4.78 is 1.94. The van der Waals surface area contributed by atoms with Gasteiger partial charge in [-0.2, -0.15) is 5.26 Å². The Hall–Kier alpha value is -3.70. The molecule has 3 heterocycles. The smallest absolute Gasteiger partial charge is 0.164 e. The SMILES string of the molecule is CC(Nc1ncnc(N)c1C#N)c1nc2cc(Cl)cnc2n1-c1ccccc1. The van der Waals surface area contributed by atoms with Gasteiger partial charge in [0.1, 0.15) is 40.9 Å². The molecule has 4 rings (SSSR count). The number of nitrogen functional groups attached to an aromatic ring is 1. The van der Waals surface area contributed by atoms with Gasteiger partial charge in [-0.05, 0) is 25.1 Å². The maximum Gasteiger partial charge on any atom is 0.164 e. The highest BCUT2D eigenvalue weighted by Crippen LogP contribution is 2.28. The summed E-state index contributed by atoms with van der Waals surface area (Å²) in [4.78, 5) is 17.2. The zero-order valence-corrected chi connectivity index (χ0v) is 15.6. The van der Waals surface area contributed by atoms with Crippen LogP contribution in [0.2, 0.25) is 5.02 Å². The number of pyridine rings is 1. The van der Waals surface area contributed by atoms with Gasteiger partial charge in [-0.25, -0.2) is 19.9 Å². The van der Waals surface area contributed by atoms with Gasteiger partial charge >= 0.3 is 0 Å². The Balaban J connectivity index is 1.84. The van der Waals surface area contributed by atoms with Gasteiger partial charge in [0.25, 0.3) is 0 Å². The number of nitrogens with one attached hydrogen (secondary N) is 1. The number of aromatic nitrogens is 5. The normalized spacial score (nSPS) is 11.9. The molecule has 3 N–H and O–H groups in total. The highest BCUT2D eigenvalue weighted by atomic mass is 35.5. The number of nitrogens with zero attached hydrogens (tertiary/aromatic N) is 6. The molecule has 3 aromatic heterocycles. The van der Waals surface area contributed by atoms with E-state index in [0.29, 0.717) is 27.8 Å². The van der Waals surface area contributed by atoms with E-state index in [2.05, 4.69) is 20.3 Å². The zero-order valence-electron chi connectivity index (χ0n) is 14.8. The van der Waals surface area contributed by atoms with Crippen LogP contribution in [0.4, 0.5) is 11.6 Å². The number of imidazole rings is 1. The second-order valence-corrected chi connectivity index (χ2v) is 6.53. The number of rotatable bonds is 4. The monoisotopic (exact) mass is 390 g/mol. The quantitative estimate of drug-likeness (QED) is 0.547. The third-order valence-electron chi connectivity index (χ3n) is 4.23. The molecule has 0 aliphatic heterocycles. The first-order chi connectivity index (χ1) is 13.6. The summed E-state index contributed by atoms with van der Waals surface area (Å²) in [6.07, 6.45) is 2.90. The van der Waals surface area contributed by atoms with E-state index in [1.165, 1.54) is 6.33 Å². The lowest BCUT2D eigenvalue weighted by atomic mass is 10.2. The first kappa shape index (κ1) is 17.7. The van der Waals surface area contributed by atoms with E-state index in [-0.39, 0.29) is 17.4 Å². The molecule has 28 heavy (non-hydrogen) atoms. The van der Waals surface area contributed by atoms with E-state index in [1.54, 1.807) is 12.3 Å². The topological polar surface area (TPSA) is 118 Å². The van der Waals surface area contributed by atoms with Crippen LogP contribution in [-0.4, -0.2) is 24.5 Å². The Morgan fingerprint density at radius 2 is 2.00 bits per heavy atom. The first-order valence-electron chi connectivity index (χ1n) is 8.45. The number of fused-ring (bicyclic) bond motifs is 1. The summed E-state index contributed by atoms with van der Waals surface area (Å²) >= 11 is 6.10. The largest absolute Gasteiger partial charge is 0.382 e. The molecule has 0 bridgehead atoms. The van der Waals surface area contributed by atoms with Crippen LogP contribution in [-0.2, 0) is 0 Å². The van der Waals surface area contributed by atoms with E-state index in [4.69, 9.17) is 22.3 Å². The third kappa shape index (κ3) is 3.08. The Morgan fingerprint density at radius 1 is 1.21 bits per heavy atom. The molecule has 0 fully saturated rings. The summed E-state index contributed by atoms with van der Waals surface area (Å²) in [7, 11) is 0. The number of para-hydroxylation sites is 1. The fraction of sp³-hybridized carbons (Fsp3) is 0.105. The van der Waals surface area contributed by atoms with Gasteiger partial charge in [-0.3, -0.25) is 4.57 Å². The predicted octanol–water partition coefficient (Wildman–Crippen LogP) is 3.49. The molecule has 8 nitrogen and oxygen atoms in total. The Morgan fingerprint density at radius 3 is 2.75 bits per heavy atom. The molecule has 0 spiro atoms.